The molecule has 0 saturated carbocycles. The van der Waals surface area contributed by atoms with Crippen molar-refractivity contribution in [2.45, 2.75) is 33.2 Å². The van der Waals surface area contributed by atoms with Crippen LogP contribution in [0, 0.1) is 0 Å². The van der Waals surface area contributed by atoms with E-state index in [2.05, 4.69) is 45.0 Å². The molecule has 0 aliphatic heterocycles. The number of hydrogen-bond donors (Lipinski definition) is 0. The van der Waals surface area contributed by atoms with Crippen molar-refractivity contribution in [3.63, 3.8) is 0 Å². The van der Waals surface area contributed by atoms with Crippen LogP contribution in [0.4, 0.5) is 0 Å². The smallest absolute Gasteiger partial charge is 0.0657 e. The normalized spacial score (nSPS) is 12.1. The molecule has 0 atom stereocenters. The molecular formula is C13H21NO. The summed E-state index contributed by atoms with van der Waals surface area (Å²) < 4.78 is 0. The standard InChI is InChI=1S/C13H21NO/c1-5-14(15-6-2)13(3,4)12-10-8-7-9-11-12/h7-11H,5-6H2,1-4H3. The number of rotatable bonds is 5. The molecule has 2 nitrogen and oxygen atoms in total. The van der Waals surface area contributed by atoms with Crippen molar-refractivity contribution in [3.8, 4) is 0 Å². The molecule has 84 valence electrons. The molecule has 0 spiro atoms. The minimum absolute atomic E-state index is 0.0774. The Bertz CT molecular complexity index is 282. The highest BCUT2D eigenvalue weighted by Crippen LogP contribution is 2.27. The zero-order valence-corrected chi connectivity index (χ0v) is 10.2. The second-order valence-electron chi connectivity index (χ2n) is 4.04. The van der Waals surface area contributed by atoms with Crippen molar-refractivity contribution in [2.24, 2.45) is 0 Å². The average Bonchev–Trinajstić information content (AvgIpc) is 2.27. The molecule has 0 aliphatic carbocycles. The fourth-order valence-electron chi connectivity index (χ4n) is 1.79. The van der Waals surface area contributed by atoms with Crippen LogP contribution in [0.25, 0.3) is 0 Å². The van der Waals surface area contributed by atoms with Gasteiger partial charge in [-0.1, -0.05) is 37.3 Å². The number of nitrogens with zero attached hydrogens (tertiary/aromatic N) is 1. The third-order valence-electron chi connectivity index (χ3n) is 2.68. The number of hydrogen-bond acceptors (Lipinski definition) is 2. The van der Waals surface area contributed by atoms with Crippen LogP contribution in [0.15, 0.2) is 30.3 Å². The molecule has 1 aromatic rings. The molecule has 2 heteroatoms. The first kappa shape index (κ1) is 12.2. The van der Waals surface area contributed by atoms with Crippen molar-refractivity contribution in [2.75, 3.05) is 13.2 Å². The Kier molecular flexibility index (Phi) is 4.30. The van der Waals surface area contributed by atoms with Crippen LogP contribution in [-0.2, 0) is 10.4 Å². The van der Waals surface area contributed by atoms with Crippen molar-refractivity contribution >= 4 is 0 Å². The molecule has 0 saturated heterocycles. The minimum atomic E-state index is -0.0774. The van der Waals surface area contributed by atoms with Gasteiger partial charge >= 0.3 is 0 Å². The van der Waals surface area contributed by atoms with Gasteiger partial charge in [-0.05, 0) is 26.3 Å². The van der Waals surface area contributed by atoms with Crippen LogP contribution in [0.1, 0.15) is 33.3 Å². The molecule has 0 amide bonds. The van der Waals surface area contributed by atoms with Crippen molar-refractivity contribution in [1.82, 2.24) is 5.06 Å². The fourth-order valence-corrected chi connectivity index (χ4v) is 1.79. The summed E-state index contributed by atoms with van der Waals surface area (Å²) in [4.78, 5) is 5.64. The van der Waals surface area contributed by atoms with E-state index < -0.39 is 0 Å². The van der Waals surface area contributed by atoms with E-state index in [1.165, 1.54) is 5.56 Å². The third-order valence-corrected chi connectivity index (χ3v) is 2.68. The highest BCUT2D eigenvalue weighted by Gasteiger charge is 2.28. The van der Waals surface area contributed by atoms with Gasteiger partial charge in [-0.2, -0.15) is 5.06 Å². The van der Waals surface area contributed by atoms with Gasteiger partial charge in [-0.25, -0.2) is 0 Å². The Labute approximate surface area is 92.8 Å². The summed E-state index contributed by atoms with van der Waals surface area (Å²) in [6.45, 7) is 10.1. The van der Waals surface area contributed by atoms with Crippen LogP contribution < -0.4 is 0 Å². The Morgan fingerprint density at radius 1 is 1.13 bits per heavy atom. The Morgan fingerprint density at radius 3 is 2.20 bits per heavy atom. The molecule has 0 fully saturated rings. The molecule has 0 unspecified atom stereocenters. The quantitative estimate of drug-likeness (QED) is 0.687. The molecule has 15 heavy (non-hydrogen) atoms. The zero-order chi connectivity index (χ0) is 11.3. The molecule has 1 aromatic carbocycles. The van der Waals surface area contributed by atoms with E-state index in [0.29, 0.717) is 6.61 Å². The van der Waals surface area contributed by atoms with E-state index in [1.807, 2.05) is 18.1 Å². The molecule has 0 aliphatic rings. The largest absolute Gasteiger partial charge is 0.298 e. The molecule has 1 rings (SSSR count). The molecular weight excluding hydrogens is 186 g/mol. The molecule has 0 N–H and O–H groups in total. The lowest BCUT2D eigenvalue weighted by molar-refractivity contribution is -0.212. The van der Waals surface area contributed by atoms with Gasteiger partial charge in [0.25, 0.3) is 0 Å². The lowest BCUT2D eigenvalue weighted by Gasteiger charge is -2.36. The van der Waals surface area contributed by atoms with Crippen molar-refractivity contribution in [3.05, 3.63) is 35.9 Å². The Balaban J connectivity index is 2.89. The summed E-state index contributed by atoms with van der Waals surface area (Å²) in [6.07, 6.45) is 0. The first-order valence-electron chi connectivity index (χ1n) is 5.59. The zero-order valence-electron chi connectivity index (χ0n) is 10.2. The van der Waals surface area contributed by atoms with E-state index >= 15 is 0 Å². The van der Waals surface area contributed by atoms with Gasteiger partial charge in [-0.15, -0.1) is 0 Å². The molecule has 0 radical (unpaired) electrons. The maximum atomic E-state index is 5.64. The van der Waals surface area contributed by atoms with Crippen LogP contribution in [0.3, 0.4) is 0 Å². The van der Waals surface area contributed by atoms with E-state index in [0.717, 1.165) is 6.54 Å². The predicted octanol–water partition coefficient (Wildman–Crippen LogP) is 3.20. The maximum absolute atomic E-state index is 5.64. The fraction of sp³-hybridized carbons (Fsp3) is 0.538. The first-order valence-corrected chi connectivity index (χ1v) is 5.59. The third kappa shape index (κ3) is 2.80. The summed E-state index contributed by atoms with van der Waals surface area (Å²) in [5.74, 6) is 0. The summed E-state index contributed by atoms with van der Waals surface area (Å²) in [5.41, 5.74) is 1.20. The van der Waals surface area contributed by atoms with Crippen LogP contribution in [0.5, 0.6) is 0 Å². The average molecular weight is 207 g/mol. The second kappa shape index (κ2) is 5.29. The van der Waals surface area contributed by atoms with E-state index in [9.17, 15) is 0 Å². The van der Waals surface area contributed by atoms with E-state index in [-0.39, 0.29) is 5.54 Å². The monoisotopic (exact) mass is 207 g/mol. The number of hydroxylamine groups is 2. The van der Waals surface area contributed by atoms with Gasteiger partial charge < -0.3 is 0 Å². The summed E-state index contributed by atoms with van der Waals surface area (Å²) in [7, 11) is 0. The van der Waals surface area contributed by atoms with Gasteiger partial charge in [0.15, 0.2) is 0 Å². The van der Waals surface area contributed by atoms with Crippen LogP contribution >= 0.6 is 0 Å². The highest BCUT2D eigenvalue weighted by molar-refractivity contribution is 5.22. The predicted molar refractivity (Wildman–Crippen MR) is 63.5 cm³/mol. The van der Waals surface area contributed by atoms with Crippen LogP contribution in [-0.4, -0.2) is 18.2 Å². The highest BCUT2D eigenvalue weighted by atomic mass is 16.7. The SMILES string of the molecule is CCON(CC)C(C)(C)c1ccccc1. The van der Waals surface area contributed by atoms with Gasteiger partial charge in [0, 0.05) is 6.54 Å². The van der Waals surface area contributed by atoms with Gasteiger partial charge in [0.05, 0.1) is 12.1 Å². The molecule has 0 aromatic heterocycles. The van der Waals surface area contributed by atoms with E-state index in [1.54, 1.807) is 0 Å². The summed E-state index contributed by atoms with van der Waals surface area (Å²) in [5, 5.41) is 2.03. The Morgan fingerprint density at radius 2 is 1.73 bits per heavy atom. The van der Waals surface area contributed by atoms with Gasteiger partial charge in [0.1, 0.15) is 0 Å². The lowest BCUT2D eigenvalue weighted by Crippen LogP contribution is -2.41. The molecule has 0 heterocycles. The van der Waals surface area contributed by atoms with Crippen molar-refractivity contribution in [1.29, 1.82) is 0 Å². The minimum Gasteiger partial charge on any atom is -0.298 e. The summed E-state index contributed by atoms with van der Waals surface area (Å²) >= 11 is 0. The summed E-state index contributed by atoms with van der Waals surface area (Å²) in [6, 6.07) is 10.5. The van der Waals surface area contributed by atoms with E-state index in [4.69, 9.17) is 4.84 Å². The molecule has 0 bridgehead atoms. The maximum Gasteiger partial charge on any atom is 0.0657 e. The first-order chi connectivity index (χ1) is 7.12. The van der Waals surface area contributed by atoms with Gasteiger partial charge in [-0.3, -0.25) is 4.84 Å². The van der Waals surface area contributed by atoms with Gasteiger partial charge in [0.2, 0.25) is 0 Å². The van der Waals surface area contributed by atoms with Crippen LogP contribution in [0.2, 0.25) is 0 Å². The Hall–Kier alpha value is -0.860. The topological polar surface area (TPSA) is 12.5 Å². The van der Waals surface area contributed by atoms with Crippen molar-refractivity contribution < 1.29 is 4.84 Å². The second-order valence-corrected chi connectivity index (χ2v) is 4.04. The number of benzene rings is 1. The lowest BCUT2D eigenvalue weighted by atomic mass is 9.94.